The van der Waals surface area contributed by atoms with Crippen LogP contribution in [0.4, 0.5) is 17.6 Å². The van der Waals surface area contributed by atoms with Crippen molar-refractivity contribution in [3.05, 3.63) is 46.4 Å². The summed E-state index contributed by atoms with van der Waals surface area (Å²) in [4.78, 5) is 18.5. The Kier molecular flexibility index (Phi) is 7.08. The van der Waals surface area contributed by atoms with Crippen LogP contribution in [0.3, 0.4) is 0 Å². The van der Waals surface area contributed by atoms with Crippen molar-refractivity contribution >= 4 is 23.3 Å². The van der Waals surface area contributed by atoms with E-state index in [2.05, 4.69) is 14.5 Å². The van der Waals surface area contributed by atoms with E-state index in [9.17, 15) is 22.4 Å². The molecule has 10 heteroatoms. The molecule has 1 aromatic carbocycles. The van der Waals surface area contributed by atoms with Gasteiger partial charge in [0.05, 0.1) is 5.01 Å². The van der Waals surface area contributed by atoms with E-state index in [0.717, 1.165) is 23.9 Å². The van der Waals surface area contributed by atoms with Crippen molar-refractivity contribution in [1.82, 2.24) is 9.88 Å². The molecule has 1 aliphatic rings. The number of thiazole rings is 1. The zero-order valence-corrected chi connectivity index (χ0v) is 16.0. The average Bonchev–Trinajstić information content (AvgIpc) is 3.21. The molecular formula is C19H18F4N2O3S. The van der Waals surface area contributed by atoms with Gasteiger partial charge in [-0.25, -0.2) is 4.98 Å². The zero-order valence-electron chi connectivity index (χ0n) is 15.1. The largest absolute Gasteiger partial charge is 0.435 e. The van der Waals surface area contributed by atoms with Crippen molar-refractivity contribution in [2.75, 3.05) is 13.1 Å². The van der Waals surface area contributed by atoms with Crippen LogP contribution < -0.4 is 9.47 Å². The third kappa shape index (κ3) is 5.93. The van der Waals surface area contributed by atoms with Crippen LogP contribution in [0.25, 0.3) is 6.08 Å². The van der Waals surface area contributed by atoms with E-state index in [1.165, 1.54) is 24.3 Å². The number of carbonyl (C=O) groups is 1. The predicted octanol–water partition coefficient (Wildman–Crippen LogP) is 4.77. The van der Waals surface area contributed by atoms with Gasteiger partial charge in [-0.2, -0.15) is 17.6 Å². The van der Waals surface area contributed by atoms with Crippen molar-refractivity contribution < 1.29 is 31.8 Å². The van der Waals surface area contributed by atoms with Crippen molar-refractivity contribution in [3.8, 4) is 11.5 Å². The van der Waals surface area contributed by atoms with Gasteiger partial charge in [-0.1, -0.05) is 0 Å². The number of amides is 1. The Balaban J connectivity index is 1.71. The highest BCUT2D eigenvalue weighted by Crippen LogP contribution is 2.30. The van der Waals surface area contributed by atoms with Crippen LogP contribution in [0.2, 0.25) is 0 Å². The van der Waals surface area contributed by atoms with Crippen LogP contribution in [0, 0.1) is 0 Å². The smallest absolute Gasteiger partial charge is 0.387 e. The van der Waals surface area contributed by atoms with E-state index in [4.69, 9.17) is 0 Å². The van der Waals surface area contributed by atoms with E-state index < -0.39 is 13.2 Å². The highest BCUT2D eigenvalue weighted by molar-refractivity contribution is 7.09. The predicted molar refractivity (Wildman–Crippen MR) is 99.4 cm³/mol. The summed E-state index contributed by atoms with van der Waals surface area (Å²) >= 11 is 1.55. The standard InChI is InChI=1S/C19H18F4N2O3S/c20-18(21)27-14-5-3-12(15(10-14)28-19(22)23)4-6-16(26)25-8-1-2-13(11-25)17-24-7-9-29-17/h3-7,9-10,13,18-19H,1-2,8,11H2/b6-4+. The van der Waals surface area contributed by atoms with Gasteiger partial charge in [-0.3, -0.25) is 4.79 Å². The van der Waals surface area contributed by atoms with Crippen LogP contribution in [0.15, 0.2) is 35.9 Å². The number of nitrogens with zero attached hydrogens (tertiary/aromatic N) is 2. The van der Waals surface area contributed by atoms with E-state index in [0.29, 0.717) is 13.1 Å². The fourth-order valence-electron chi connectivity index (χ4n) is 3.11. The maximum absolute atomic E-state index is 12.6. The first-order valence-corrected chi connectivity index (χ1v) is 9.70. The molecule has 0 bridgehead atoms. The second kappa shape index (κ2) is 9.73. The number of rotatable bonds is 7. The minimum Gasteiger partial charge on any atom is -0.435 e. The van der Waals surface area contributed by atoms with Gasteiger partial charge in [0.15, 0.2) is 0 Å². The van der Waals surface area contributed by atoms with E-state index in [1.54, 1.807) is 22.4 Å². The quantitative estimate of drug-likeness (QED) is 0.469. The van der Waals surface area contributed by atoms with E-state index >= 15 is 0 Å². The molecule has 2 aromatic rings. The topological polar surface area (TPSA) is 51.7 Å². The molecule has 29 heavy (non-hydrogen) atoms. The lowest BCUT2D eigenvalue weighted by Crippen LogP contribution is -2.38. The van der Waals surface area contributed by atoms with Crippen molar-refractivity contribution in [1.29, 1.82) is 0 Å². The molecule has 1 fully saturated rings. The normalized spacial score (nSPS) is 17.3. The number of benzene rings is 1. The first kappa shape index (κ1) is 21.1. The van der Waals surface area contributed by atoms with Gasteiger partial charge in [-0.05, 0) is 31.1 Å². The molecule has 1 saturated heterocycles. The fraction of sp³-hybridized carbons (Fsp3) is 0.368. The Morgan fingerprint density at radius 2 is 2.03 bits per heavy atom. The average molecular weight is 430 g/mol. The number of ether oxygens (including phenoxy) is 2. The summed E-state index contributed by atoms with van der Waals surface area (Å²) in [6, 6.07) is 3.39. The molecule has 1 atom stereocenters. The molecule has 0 aliphatic carbocycles. The Hall–Kier alpha value is -2.62. The van der Waals surface area contributed by atoms with Crippen molar-refractivity contribution in [2.24, 2.45) is 0 Å². The van der Waals surface area contributed by atoms with Crippen LogP contribution >= 0.6 is 11.3 Å². The minimum absolute atomic E-state index is 0.147. The lowest BCUT2D eigenvalue weighted by molar-refractivity contribution is -0.127. The number of hydrogen-bond donors (Lipinski definition) is 0. The number of piperidine rings is 1. The monoisotopic (exact) mass is 430 g/mol. The molecule has 1 aromatic heterocycles. The maximum Gasteiger partial charge on any atom is 0.387 e. The number of hydrogen-bond acceptors (Lipinski definition) is 5. The van der Waals surface area contributed by atoms with Gasteiger partial charge in [0.2, 0.25) is 5.91 Å². The maximum atomic E-state index is 12.6. The Bertz CT molecular complexity index is 846. The summed E-state index contributed by atoms with van der Waals surface area (Å²) in [6.07, 6.45) is 6.08. The molecule has 1 aliphatic heterocycles. The number of aromatic nitrogens is 1. The van der Waals surface area contributed by atoms with Crippen LogP contribution in [0.1, 0.15) is 29.3 Å². The third-order valence-electron chi connectivity index (χ3n) is 4.37. The zero-order chi connectivity index (χ0) is 20.8. The summed E-state index contributed by atoms with van der Waals surface area (Å²) in [5.41, 5.74) is 0.147. The van der Waals surface area contributed by atoms with Gasteiger partial charge in [0.25, 0.3) is 0 Å². The van der Waals surface area contributed by atoms with Gasteiger partial charge >= 0.3 is 13.2 Å². The van der Waals surface area contributed by atoms with E-state index in [1.807, 2.05) is 5.38 Å². The molecule has 0 saturated carbocycles. The van der Waals surface area contributed by atoms with Gasteiger partial charge in [-0.15, -0.1) is 11.3 Å². The van der Waals surface area contributed by atoms with Crippen LogP contribution in [0.5, 0.6) is 11.5 Å². The Morgan fingerprint density at radius 1 is 1.24 bits per heavy atom. The van der Waals surface area contributed by atoms with Crippen molar-refractivity contribution in [3.63, 3.8) is 0 Å². The summed E-state index contributed by atoms with van der Waals surface area (Å²) < 4.78 is 58.5. The Morgan fingerprint density at radius 3 is 2.72 bits per heavy atom. The molecule has 5 nitrogen and oxygen atoms in total. The molecule has 0 N–H and O–H groups in total. The van der Waals surface area contributed by atoms with Crippen molar-refractivity contribution in [2.45, 2.75) is 32.0 Å². The van der Waals surface area contributed by atoms with E-state index in [-0.39, 0.29) is 28.9 Å². The molecule has 156 valence electrons. The highest BCUT2D eigenvalue weighted by Gasteiger charge is 2.25. The molecule has 3 rings (SSSR count). The summed E-state index contributed by atoms with van der Waals surface area (Å²) in [7, 11) is 0. The van der Waals surface area contributed by atoms with Gasteiger partial charge in [0, 0.05) is 48.3 Å². The minimum atomic E-state index is -3.15. The molecule has 0 spiro atoms. The molecule has 1 amide bonds. The number of likely N-dealkylation sites (tertiary alicyclic amines) is 1. The molecule has 1 unspecified atom stereocenters. The fourth-order valence-corrected chi connectivity index (χ4v) is 3.88. The van der Waals surface area contributed by atoms with Gasteiger partial charge in [0.1, 0.15) is 11.5 Å². The molecule has 2 heterocycles. The number of carbonyl (C=O) groups excluding carboxylic acids is 1. The lowest BCUT2D eigenvalue weighted by Gasteiger charge is -2.31. The van der Waals surface area contributed by atoms with Crippen LogP contribution in [-0.2, 0) is 4.79 Å². The SMILES string of the molecule is O=C(/C=C/c1ccc(OC(F)F)cc1OC(F)F)N1CCCC(c2nccs2)C1. The first-order valence-electron chi connectivity index (χ1n) is 8.82. The number of alkyl halides is 4. The first-order chi connectivity index (χ1) is 13.9. The summed E-state index contributed by atoms with van der Waals surface area (Å²) in [5, 5.41) is 2.87. The van der Waals surface area contributed by atoms with Gasteiger partial charge < -0.3 is 14.4 Å². The summed E-state index contributed by atoms with van der Waals surface area (Å²) in [6.45, 7) is -5.13. The molecular weight excluding hydrogens is 412 g/mol. The van der Waals surface area contributed by atoms with Crippen LogP contribution in [-0.4, -0.2) is 42.1 Å². The third-order valence-corrected chi connectivity index (χ3v) is 5.30. The molecule has 0 radical (unpaired) electrons. The Labute approximate surface area is 168 Å². The highest BCUT2D eigenvalue weighted by atomic mass is 32.1. The second-order valence-electron chi connectivity index (χ2n) is 6.28. The lowest BCUT2D eigenvalue weighted by atomic mass is 9.98. The summed E-state index contributed by atoms with van der Waals surface area (Å²) in [5.74, 6) is -0.783. The number of halogens is 4. The second-order valence-corrected chi connectivity index (χ2v) is 7.21.